The van der Waals surface area contributed by atoms with Gasteiger partial charge in [-0.15, -0.1) is 0 Å². The molecule has 0 radical (unpaired) electrons. The molecule has 0 atom stereocenters. The van der Waals surface area contributed by atoms with Crippen molar-refractivity contribution in [3.8, 4) is 0 Å². The van der Waals surface area contributed by atoms with Gasteiger partial charge >= 0.3 is 0 Å². The Kier molecular flexibility index (Phi) is 2.44. The van der Waals surface area contributed by atoms with E-state index >= 15 is 0 Å². The molecule has 5 heteroatoms. The van der Waals surface area contributed by atoms with Crippen LogP contribution in [0.5, 0.6) is 0 Å². The number of pyridine rings is 3. The van der Waals surface area contributed by atoms with E-state index in [2.05, 4.69) is 61.8 Å². The number of nitrogens with zero attached hydrogens (tertiary/aromatic N) is 4. The Balaban J connectivity index is 1.87. The first kappa shape index (κ1) is 14.1. The molecule has 0 saturated carbocycles. The molecule has 7 aromatic rings. The smallest absolute Gasteiger partial charge is 0.146 e. The summed E-state index contributed by atoms with van der Waals surface area (Å²) < 4.78 is 2.19. The van der Waals surface area contributed by atoms with Crippen molar-refractivity contribution in [2.75, 3.05) is 0 Å². The first-order chi connectivity index (χ1) is 13.9. The molecule has 5 heterocycles. The molecular formula is C23H13N5. The van der Waals surface area contributed by atoms with Crippen LogP contribution in [0.1, 0.15) is 0 Å². The van der Waals surface area contributed by atoms with E-state index in [1.165, 1.54) is 10.8 Å². The van der Waals surface area contributed by atoms with Gasteiger partial charge in [-0.2, -0.15) is 0 Å². The van der Waals surface area contributed by atoms with Crippen LogP contribution in [0.25, 0.3) is 60.2 Å². The lowest BCUT2D eigenvalue weighted by Gasteiger charge is -2.09. The van der Waals surface area contributed by atoms with Crippen LogP contribution in [0.3, 0.4) is 0 Å². The Morgan fingerprint density at radius 2 is 1.57 bits per heavy atom. The summed E-state index contributed by atoms with van der Waals surface area (Å²) in [5, 5.41) is 5.82. The average Bonchev–Trinajstić information content (AvgIpc) is 3.32. The number of rotatable bonds is 0. The molecule has 130 valence electrons. The topological polar surface area (TPSA) is 58.9 Å². The normalized spacial score (nSPS) is 12.3. The summed E-state index contributed by atoms with van der Waals surface area (Å²) in [6.45, 7) is 0. The Morgan fingerprint density at radius 1 is 0.714 bits per heavy atom. The third kappa shape index (κ3) is 1.60. The summed E-state index contributed by atoms with van der Waals surface area (Å²) in [5.74, 6) is 0. The molecule has 2 aromatic carbocycles. The number of para-hydroxylation sites is 1. The second-order valence-electron chi connectivity index (χ2n) is 7.11. The lowest BCUT2D eigenvalue weighted by molar-refractivity contribution is 1.27. The number of nitrogens with one attached hydrogen (secondary N) is 1. The maximum atomic E-state index is 4.94. The van der Waals surface area contributed by atoms with E-state index in [0.717, 1.165) is 49.4 Å². The van der Waals surface area contributed by atoms with Gasteiger partial charge in [-0.3, -0.25) is 14.4 Å². The van der Waals surface area contributed by atoms with Gasteiger partial charge in [0.15, 0.2) is 0 Å². The summed E-state index contributed by atoms with van der Waals surface area (Å²) in [7, 11) is 0. The van der Waals surface area contributed by atoms with Crippen LogP contribution in [0.2, 0.25) is 0 Å². The number of hydrogen-bond donors (Lipinski definition) is 1. The van der Waals surface area contributed by atoms with Crippen LogP contribution in [-0.4, -0.2) is 24.3 Å². The monoisotopic (exact) mass is 359 g/mol. The molecule has 0 aliphatic carbocycles. The van der Waals surface area contributed by atoms with Gasteiger partial charge in [0.1, 0.15) is 5.65 Å². The van der Waals surface area contributed by atoms with E-state index < -0.39 is 0 Å². The van der Waals surface area contributed by atoms with Crippen molar-refractivity contribution in [1.29, 1.82) is 0 Å². The highest BCUT2D eigenvalue weighted by Crippen LogP contribution is 2.38. The molecule has 5 nitrogen and oxygen atoms in total. The van der Waals surface area contributed by atoms with Crippen molar-refractivity contribution in [3.05, 3.63) is 73.3 Å². The average molecular weight is 359 g/mol. The molecule has 0 unspecified atom stereocenters. The van der Waals surface area contributed by atoms with E-state index in [1.54, 1.807) is 6.20 Å². The second kappa shape index (κ2) is 4.84. The van der Waals surface area contributed by atoms with Gasteiger partial charge in [-0.1, -0.05) is 24.3 Å². The van der Waals surface area contributed by atoms with Crippen LogP contribution in [-0.2, 0) is 0 Å². The summed E-state index contributed by atoms with van der Waals surface area (Å²) >= 11 is 0. The second-order valence-corrected chi connectivity index (χ2v) is 7.11. The zero-order chi connectivity index (χ0) is 18.2. The molecule has 0 aliphatic heterocycles. The lowest BCUT2D eigenvalue weighted by Crippen LogP contribution is -1.93. The van der Waals surface area contributed by atoms with Crippen LogP contribution in [0.4, 0.5) is 0 Å². The van der Waals surface area contributed by atoms with Gasteiger partial charge in [-0.25, -0.2) is 4.98 Å². The summed E-state index contributed by atoms with van der Waals surface area (Å²) in [6.07, 6.45) is 7.45. The molecule has 0 amide bonds. The van der Waals surface area contributed by atoms with Crippen LogP contribution < -0.4 is 0 Å². The van der Waals surface area contributed by atoms with Crippen molar-refractivity contribution in [1.82, 2.24) is 24.3 Å². The number of aromatic nitrogens is 5. The molecule has 7 rings (SSSR count). The van der Waals surface area contributed by atoms with Crippen LogP contribution in [0, 0.1) is 0 Å². The fourth-order valence-electron chi connectivity index (χ4n) is 4.51. The zero-order valence-corrected chi connectivity index (χ0v) is 14.7. The number of imidazole rings is 1. The highest BCUT2D eigenvalue weighted by molar-refractivity contribution is 6.26. The lowest BCUT2D eigenvalue weighted by atomic mass is 10.0. The summed E-state index contributed by atoms with van der Waals surface area (Å²) in [6, 6.07) is 16.8. The molecule has 1 N–H and O–H groups in total. The molecule has 0 saturated heterocycles. The maximum Gasteiger partial charge on any atom is 0.146 e. The number of fused-ring (bicyclic) bond motifs is 12. The van der Waals surface area contributed by atoms with Gasteiger partial charge in [-0.05, 0) is 24.3 Å². The van der Waals surface area contributed by atoms with Gasteiger partial charge in [0.05, 0.1) is 28.3 Å². The minimum absolute atomic E-state index is 0.942. The van der Waals surface area contributed by atoms with E-state index in [0.29, 0.717) is 0 Å². The summed E-state index contributed by atoms with van der Waals surface area (Å²) in [4.78, 5) is 17.3. The van der Waals surface area contributed by atoms with Crippen molar-refractivity contribution >= 4 is 60.2 Å². The predicted octanol–water partition coefficient (Wildman–Crippen LogP) is 5.22. The Bertz CT molecular complexity index is 1720. The van der Waals surface area contributed by atoms with Crippen molar-refractivity contribution in [3.63, 3.8) is 0 Å². The van der Waals surface area contributed by atoms with Gasteiger partial charge in [0.25, 0.3) is 0 Å². The number of benzene rings is 2. The predicted molar refractivity (Wildman–Crippen MR) is 113 cm³/mol. The quantitative estimate of drug-likeness (QED) is 0.378. The van der Waals surface area contributed by atoms with E-state index in [1.807, 2.05) is 24.7 Å². The van der Waals surface area contributed by atoms with Crippen molar-refractivity contribution < 1.29 is 0 Å². The molecule has 0 fully saturated rings. The standard InChI is InChI=1S/C23H13N5/c1-2-4-17-13(3-1)14-5-6-15-21(22(14)26-17)16-11-24-10-8-19(16)28-20-12-25-9-7-18(20)27-23(15)28/h1-12,26H. The fourth-order valence-corrected chi connectivity index (χ4v) is 4.51. The molecular weight excluding hydrogens is 346 g/mol. The summed E-state index contributed by atoms with van der Waals surface area (Å²) in [5.41, 5.74) is 6.24. The minimum atomic E-state index is 0.942. The number of aromatic amines is 1. The highest BCUT2D eigenvalue weighted by atomic mass is 15.0. The molecule has 0 spiro atoms. The first-order valence-corrected chi connectivity index (χ1v) is 9.21. The van der Waals surface area contributed by atoms with Gasteiger partial charge < -0.3 is 4.98 Å². The zero-order valence-electron chi connectivity index (χ0n) is 14.7. The fraction of sp³-hybridized carbons (Fsp3) is 0. The van der Waals surface area contributed by atoms with Gasteiger partial charge in [0, 0.05) is 51.0 Å². The minimum Gasteiger partial charge on any atom is -0.354 e. The van der Waals surface area contributed by atoms with E-state index in [4.69, 9.17) is 4.98 Å². The van der Waals surface area contributed by atoms with Crippen LogP contribution >= 0.6 is 0 Å². The molecule has 5 aromatic heterocycles. The highest BCUT2D eigenvalue weighted by Gasteiger charge is 2.17. The Morgan fingerprint density at radius 3 is 2.57 bits per heavy atom. The van der Waals surface area contributed by atoms with Crippen molar-refractivity contribution in [2.45, 2.75) is 0 Å². The first-order valence-electron chi connectivity index (χ1n) is 9.21. The third-order valence-electron chi connectivity index (χ3n) is 5.69. The Hall–Kier alpha value is -3.99. The largest absolute Gasteiger partial charge is 0.354 e. The SMILES string of the molecule is c1ccc2c(c1)[nH]c1c2ccc2c1c1cnccc1n1c3cnccc3nc21. The van der Waals surface area contributed by atoms with E-state index in [9.17, 15) is 0 Å². The number of H-pyrrole nitrogens is 1. The maximum absolute atomic E-state index is 4.94. The van der Waals surface area contributed by atoms with Gasteiger partial charge in [0.2, 0.25) is 0 Å². The molecule has 0 aliphatic rings. The third-order valence-corrected chi connectivity index (χ3v) is 5.69. The Labute approximate surface area is 158 Å². The van der Waals surface area contributed by atoms with Crippen molar-refractivity contribution in [2.24, 2.45) is 0 Å². The van der Waals surface area contributed by atoms with E-state index in [-0.39, 0.29) is 0 Å². The number of hydrogen-bond acceptors (Lipinski definition) is 3. The molecule has 0 bridgehead atoms. The molecule has 28 heavy (non-hydrogen) atoms. The van der Waals surface area contributed by atoms with Crippen LogP contribution in [0.15, 0.2) is 73.3 Å².